The van der Waals surface area contributed by atoms with Gasteiger partial charge in [-0.05, 0) is 47.6 Å². The minimum Gasteiger partial charge on any atom is -0.444 e. The van der Waals surface area contributed by atoms with Gasteiger partial charge in [0.25, 0.3) is 0 Å². The van der Waals surface area contributed by atoms with Gasteiger partial charge < -0.3 is 20.3 Å². The lowest BCUT2D eigenvalue weighted by molar-refractivity contribution is 0.0145. The van der Waals surface area contributed by atoms with Crippen molar-refractivity contribution in [2.24, 2.45) is 4.99 Å². The van der Waals surface area contributed by atoms with Crippen molar-refractivity contribution < 1.29 is 9.53 Å². The van der Waals surface area contributed by atoms with Crippen molar-refractivity contribution in [3.05, 3.63) is 15.6 Å². The molecule has 1 aromatic rings. The molecule has 8 nitrogen and oxygen atoms in total. The van der Waals surface area contributed by atoms with E-state index in [0.717, 1.165) is 68.9 Å². The molecule has 1 amide bonds. The van der Waals surface area contributed by atoms with Gasteiger partial charge in [-0.1, -0.05) is 0 Å². The maximum absolute atomic E-state index is 12.1. The highest BCUT2D eigenvalue weighted by atomic mass is 127. The van der Waals surface area contributed by atoms with E-state index in [9.17, 15) is 4.79 Å². The minimum atomic E-state index is -0.440. The van der Waals surface area contributed by atoms with Crippen molar-refractivity contribution in [2.75, 3.05) is 46.3 Å². The van der Waals surface area contributed by atoms with Gasteiger partial charge in [0.05, 0.1) is 17.2 Å². The topological polar surface area (TPSA) is 82.1 Å². The molecule has 0 atom stereocenters. The summed E-state index contributed by atoms with van der Waals surface area (Å²) in [5.41, 5.74) is 0.644. The van der Waals surface area contributed by atoms with Gasteiger partial charge >= 0.3 is 6.09 Å². The smallest absolute Gasteiger partial charge is 0.410 e. The van der Waals surface area contributed by atoms with E-state index < -0.39 is 5.60 Å². The molecule has 1 fully saturated rings. The summed E-state index contributed by atoms with van der Waals surface area (Å²) in [5, 5.41) is 7.81. The number of carbonyl (C=O) groups excluding carboxylic acids is 1. The monoisotopic (exact) mass is 552 g/mol. The number of halogens is 1. The Balaban J connectivity index is 0.00000450. The van der Waals surface area contributed by atoms with Crippen LogP contribution in [-0.2, 0) is 11.3 Å². The van der Waals surface area contributed by atoms with Crippen LogP contribution < -0.4 is 10.6 Å². The number of hydrogen-bond acceptors (Lipinski definition) is 6. The van der Waals surface area contributed by atoms with Crippen LogP contribution in [0.4, 0.5) is 4.79 Å². The summed E-state index contributed by atoms with van der Waals surface area (Å²) in [4.78, 5) is 26.3. The fraction of sp³-hybridized carbons (Fsp3) is 0.750. The van der Waals surface area contributed by atoms with E-state index in [1.165, 1.54) is 4.88 Å². The second kappa shape index (κ2) is 12.7. The zero-order chi connectivity index (χ0) is 21.4. The van der Waals surface area contributed by atoms with Crippen LogP contribution in [0.3, 0.4) is 0 Å². The van der Waals surface area contributed by atoms with Crippen molar-refractivity contribution in [3.8, 4) is 0 Å². The Bertz CT molecular complexity index is 696. The SMILES string of the molecule is CN=C(NCCCN1CCN(C(=O)OC(C)(C)C)CC1)NCc1sc(C)nc1C.I. The molecule has 10 heteroatoms. The number of carbonyl (C=O) groups is 1. The fourth-order valence-corrected chi connectivity index (χ4v) is 3.99. The highest BCUT2D eigenvalue weighted by Crippen LogP contribution is 2.16. The number of piperazine rings is 1. The van der Waals surface area contributed by atoms with Gasteiger partial charge in [-0.25, -0.2) is 9.78 Å². The first-order chi connectivity index (χ1) is 13.7. The molecule has 2 heterocycles. The second-order valence-corrected chi connectivity index (χ2v) is 9.54. The lowest BCUT2D eigenvalue weighted by Gasteiger charge is -2.35. The lowest BCUT2D eigenvalue weighted by atomic mass is 10.2. The van der Waals surface area contributed by atoms with Crippen LogP contribution in [0.25, 0.3) is 0 Å². The Morgan fingerprint density at radius 2 is 1.87 bits per heavy atom. The van der Waals surface area contributed by atoms with Crippen molar-refractivity contribution >= 4 is 47.4 Å². The molecule has 0 aliphatic carbocycles. The Labute approximate surface area is 201 Å². The molecular formula is C20H37IN6O2S. The van der Waals surface area contributed by atoms with E-state index in [-0.39, 0.29) is 30.1 Å². The number of hydrogen-bond donors (Lipinski definition) is 2. The first-order valence-electron chi connectivity index (χ1n) is 10.3. The predicted octanol–water partition coefficient (Wildman–Crippen LogP) is 2.99. The zero-order valence-corrected chi connectivity index (χ0v) is 22.2. The minimum absolute atomic E-state index is 0. The molecule has 0 spiro atoms. The summed E-state index contributed by atoms with van der Waals surface area (Å²) < 4.78 is 5.45. The third-order valence-electron chi connectivity index (χ3n) is 4.61. The first-order valence-corrected chi connectivity index (χ1v) is 11.1. The highest BCUT2D eigenvalue weighted by Gasteiger charge is 2.25. The van der Waals surface area contributed by atoms with E-state index in [1.54, 1.807) is 23.3 Å². The van der Waals surface area contributed by atoms with E-state index in [4.69, 9.17) is 4.74 Å². The Kier molecular flexibility index (Phi) is 11.3. The van der Waals surface area contributed by atoms with Gasteiger partial charge in [0.15, 0.2) is 5.96 Å². The number of nitrogens with one attached hydrogen (secondary N) is 2. The number of guanidine groups is 1. The standard InChI is InChI=1S/C20H36N6O2S.HI/c1-15-17(29-16(2)24-15)14-23-18(21-6)22-8-7-9-25-10-12-26(13-11-25)19(27)28-20(3,4)5;/h7-14H2,1-6H3,(H2,21,22,23);1H. The Hall–Kier alpha value is -1.14. The molecule has 1 aliphatic heterocycles. The second-order valence-electron chi connectivity index (χ2n) is 8.26. The normalized spacial score (nSPS) is 15.5. The van der Waals surface area contributed by atoms with E-state index in [2.05, 4.69) is 25.5 Å². The Morgan fingerprint density at radius 3 is 2.40 bits per heavy atom. The number of thiazole rings is 1. The van der Waals surface area contributed by atoms with Crippen molar-refractivity contribution in [3.63, 3.8) is 0 Å². The van der Waals surface area contributed by atoms with Gasteiger partial charge in [-0.15, -0.1) is 35.3 Å². The number of aromatic nitrogens is 1. The number of ether oxygens (including phenoxy) is 1. The van der Waals surface area contributed by atoms with Gasteiger partial charge in [0.1, 0.15) is 5.60 Å². The van der Waals surface area contributed by atoms with Gasteiger partial charge in [-0.3, -0.25) is 9.89 Å². The average molecular weight is 553 g/mol. The third-order valence-corrected chi connectivity index (χ3v) is 5.68. The molecule has 0 bridgehead atoms. The summed E-state index contributed by atoms with van der Waals surface area (Å²) >= 11 is 1.72. The van der Waals surface area contributed by atoms with E-state index in [0.29, 0.717) is 0 Å². The molecule has 30 heavy (non-hydrogen) atoms. The van der Waals surface area contributed by atoms with Gasteiger partial charge in [-0.2, -0.15) is 0 Å². The van der Waals surface area contributed by atoms with Gasteiger partial charge in [0, 0.05) is 44.6 Å². The predicted molar refractivity (Wildman–Crippen MR) is 134 cm³/mol. The first kappa shape index (κ1) is 26.9. The third kappa shape index (κ3) is 9.34. The molecule has 1 aliphatic rings. The molecule has 0 radical (unpaired) electrons. The maximum atomic E-state index is 12.1. The van der Waals surface area contributed by atoms with E-state index in [1.807, 2.05) is 34.6 Å². The van der Waals surface area contributed by atoms with Gasteiger partial charge in [0.2, 0.25) is 0 Å². The van der Waals surface area contributed by atoms with Crippen LogP contribution >= 0.6 is 35.3 Å². The zero-order valence-electron chi connectivity index (χ0n) is 19.1. The lowest BCUT2D eigenvalue weighted by Crippen LogP contribution is -2.50. The molecule has 1 saturated heterocycles. The average Bonchev–Trinajstić information content (AvgIpc) is 2.97. The molecule has 1 aromatic heterocycles. The molecule has 172 valence electrons. The summed E-state index contributed by atoms with van der Waals surface area (Å²) in [7, 11) is 1.79. The molecule has 2 rings (SSSR count). The molecule has 0 saturated carbocycles. The number of rotatable bonds is 6. The summed E-state index contributed by atoms with van der Waals surface area (Å²) in [6.45, 7) is 15.6. The Morgan fingerprint density at radius 1 is 1.20 bits per heavy atom. The fourth-order valence-electron chi connectivity index (χ4n) is 3.11. The molecular weight excluding hydrogens is 515 g/mol. The van der Waals surface area contributed by atoms with Crippen LogP contribution in [0.5, 0.6) is 0 Å². The van der Waals surface area contributed by atoms with Crippen LogP contribution in [0.1, 0.15) is 42.8 Å². The summed E-state index contributed by atoms with van der Waals surface area (Å²) in [5.74, 6) is 0.810. The highest BCUT2D eigenvalue weighted by molar-refractivity contribution is 14.0. The number of nitrogens with zero attached hydrogens (tertiary/aromatic N) is 4. The summed E-state index contributed by atoms with van der Waals surface area (Å²) in [6, 6.07) is 0. The molecule has 0 unspecified atom stereocenters. The largest absolute Gasteiger partial charge is 0.444 e. The van der Waals surface area contributed by atoms with Crippen molar-refractivity contribution in [1.29, 1.82) is 0 Å². The number of aryl methyl sites for hydroxylation is 2. The van der Waals surface area contributed by atoms with Crippen LogP contribution in [0.15, 0.2) is 4.99 Å². The van der Waals surface area contributed by atoms with Crippen LogP contribution in [0, 0.1) is 13.8 Å². The molecule has 2 N–H and O–H groups in total. The van der Waals surface area contributed by atoms with Crippen LogP contribution in [0.2, 0.25) is 0 Å². The number of amides is 1. The number of aliphatic imine (C=N–C) groups is 1. The van der Waals surface area contributed by atoms with Crippen molar-refractivity contribution in [1.82, 2.24) is 25.4 Å². The molecule has 0 aromatic carbocycles. The van der Waals surface area contributed by atoms with E-state index >= 15 is 0 Å². The van der Waals surface area contributed by atoms with Crippen molar-refractivity contribution in [2.45, 2.75) is 53.2 Å². The maximum Gasteiger partial charge on any atom is 0.410 e. The quantitative estimate of drug-likeness (QED) is 0.245. The van der Waals surface area contributed by atoms with Crippen LogP contribution in [-0.4, -0.2) is 78.8 Å². The summed E-state index contributed by atoms with van der Waals surface area (Å²) in [6.07, 6.45) is 0.811.